The maximum Gasteiger partial charge on any atom is 0.0578 e. The van der Waals surface area contributed by atoms with Gasteiger partial charge in [0.25, 0.3) is 0 Å². The molecule has 2 nitrogen and oxygen atoms in total. The van der Waals surface area contributed by atoms with Crippen LogP contribution in [0.25, 0.3) is 0 Å². The first-order valence-corrected chi connectivity index (χ1v) is 4.76. The number of benzene rings is 1. The third-order valence-electron chi connectivity index (χ3n) is 2.40. The Hall–Kier alpha value is -0.860. The van der Waals surface area contributed by atoms with E-state index in [-0.39, 0.29) is 5.41 Å². The lowest BCUT2D eigenvalue weighted by Crippen LogP contribution is -2.32. The van der Waals surface area contributed by atoms with Gasteiger partial charge in [-0.05, 0) is 5.56 Å². The minimum Gasteiger partial charge on any atom is -0.384 e. The van der Waals surface area contributed by atoms with Crippen LogP contribution in [0.4, 0.5) is 0 Å². The van der Waals surface area contributed by atoms with Gasteiger partial charge in [-0.1, -0.05) is 37.3 Å². The molecule has 14 heavy (non-hydrogen) atoms. The molecule has 0 amide bonds. The molecule has 0 unspecified atom stereocenters. The van der Waals surface area contributed by atoms with E-state index in [9.17, 15) is 0 Å². The quantitative estimate of drug-likeness (QED) is 0.715. The molecule has 0 saturated carbocycles. The summed E-state index contributed by atoms with van der Waals surface area (Å²) >= 11 is 0. The van der Waals surface area contributed by atoms with Crippen molar-refractivity contribution in [1.82, 2.24) is 0 Å². The normalized spacial score (nSPS) is 11.6. The molecule has 0 saturated heterocycles. The topological polar surface area (TPSA) is 18.5 Å². The van der Waals surface area contributed by atoms with Gasteiger partial charge in [0.15, 0.2) is 0 Å². The van der Waals surface area contributed by atoms with Crippen molar-refractivity contribution in [2.24, 2.45) is 0 Å². The largest absolute Gasteiger partial charge is 0.384 e. The van der Waals surface area contributed by atoms with Crippen LogP contribution in [0, 0.1) is 0 Å². The van der Waals surface area contributed by atoms with Crippen molar-refractivity contribution in [3.8, 4) is 0 Å². The molecule has 0 bridgehead atoms. The second-order valence-corrected chi connectivity index (χ2v) is 3.79. The molecule has 1 rings (SSSR count). The first kappa shape index (κ1) is 11.2. The molecule has 0 N–H and O–H groups in total. The molecule has 0 spiro atoms. The van der Waals surface area contributed by atoms with Crippen molar-refractivity contribution < 1.29 is 9.47 Å². The predicted octanol–water partition coefficient (Wildman–Crippen LogP) is 2.24. The van der Waals surface area contributed by atoms with Crippen molar-refractivity contribution >= 4 is 0 Å². The summed E-state index contributed by atoms with van der Waals surface area (Å²) < 4.78 is 10.5. The fourth-order valence-corrected chi connectivity index (χ4v) is 1.69. The van der Waals surface area contributed by atoms with Gasteiger partial charge >= 0.3 is 0 Å². The number of methoxy groups -OCH3 is 2. The summed E-state index contributed by atoms with van der Waals surface area (Å²) in [4.78, 5) is 0. The van der Waals surface area contributed by atoms with Crippen molar-refractivity contribution in [3.63, 3.8) is 0 Å². The first-order valence-electron chi connectivity index (χ1n) is 4.76. The van der Waals surface area contributed by atoms with E-state index < -0.39 is 0 Å². The summed E-state index contributed by atoms with van der Waals surface area (Å²) in [6.07, 6.45) is 0. The zero-order chi connectivity index (χ0) is 10.4. The van der Waals surface area contributed by atoms with Gasteiger partial charge < -0.3 is 9.47 Å². The number of ether oxygens (including phenoxy) is 2. The van der Waals surface area contributed by atoms with Crippen LogP contribution in [-0.4, -0.2) is 27.4 Å². The van der Waals surface area contributed by atoms with Gasteiger partial charge in [-0.25, -0.2) is 0 Å². The molecule has 0 aromatic heterocycles. The van der Waals surface area contributed by atoms with Crippen molar-refractivity contribution in [1.29, 1.82) is 0 Å². The van der Waals surface area contributed by atoms with Gasteiger partial charge in [-0.3, -0.25) is 0 Å². The van der Waals surface area contributed by atoms with Gasteiger partial charge in [0, 0.05) is 19.6 Å². The molecule has 0 heterocycles. The summed E-state index contributed by atoms with van der Waals surface area (Å²) in [6.45, 7) is 3.49. The second-order valence-electron chi connectivity index (χ2n) is 3.79. The molecule has 0 radical (unpaired) electrons. The van der Waals surface area contributed by atoms with Crippen LogP contribution in [0.1, 0.15) is 12.5 Å². The molecule has 1 aromatic rings. The van der Waals surface area contributed by atoms with E-state index in [1.54, 1.807) is 14.2 Å². The lowest BCUT2D eigenvalue weighted by molar-refractivity contribution is 0.0688. The maximum atomic E-state index is 5.23. The molecule has 0 fully saturated rings. The molecule has 2 heteroatoms. The zero-order valence-electron chi connectivity index (χ0n) is 9.12. The minimum atomic E-state index is -0.0508. The van der Waals surface area contributed by atoms with Gasteiger partial charge in [0.2, 0.25) is 0 Å². The average Bonchev–Trinajstić information content (AvgIpc) is 2.20. The zero-order valence-corrected chi connectivity index (χ0v) is 9.12. The molecular formula is C12H18O2. The summed E-state index contributed by atoms with van der Waals surface area (Å²) in [7, 11) is 3.44. The Bertz CT molecular complexity index is 250. The van der Waals surface area contributed by atoms with E-state index in [0.29, 0.717) is 13.2 Å². The van der Waals surface area contributed by atoms with E-state index in [2.05, 4.69) is 19.1 Å². The summed E-state index contributed by atoms with van der Waals surface area (Å²) in [6, 6.07) is 10.3. The highest BCUT2D eigenvalue weighted by Gasteiger charge is 2.26. The number of hydrogen-bond acceptors (Lipinski definition) is 2. The number of rotatable bonds is 5. The number of hydrogen-bond donors (Lipinski definition) is 0. The van der Waals surface area contributed by atoms with Crippen molar-refractivity contribution in [3.05, 3.63) is 35.9 Å². The third-order valence-corrected chi connectivity index (χ3v) is 2.40. The third kappa shape index (κ3) is 2.56. The van der Waals surface area contributed by atoms with Gasteiger partial charge in [0.1, 0.15) is 0 Å². The molecule has 78 valence electrons. The van der Waals surface area contributed by atoms with Crippen LogP contribution in [0.15, 0.2) is 30.3 Å². The molecule has 0 aliphatic rings. The predicted molar refractivity (Wildman–Crippen MR) is 57.5 cm³/mol. The second kappa shape index (κ2) is 5.13. The van der Waals surface area contributed by atoms with E-state index in [1.807, 2.05) is 18.2 Å². The van der Waals surface area contributed by atoms with E-state index in [4.69, 9.17) is 9.47 Å². The fraction of sp³-hybridized carbons (Fsp3) is 0.500. The lowest BCUT2D eigenvalue weighted by Gasteiger charge is -2.28. The highest BCUT2D eigenvalue weighted by atomic mass is 16.5. The molecule has 0 aliphatic heterocycles. The summed E-state index contributed by atoms with van der Waals surface area (Å²) in [5.41, 5.74) is 1.20. The van der Waals surface area contributed by atoms with E-state index >= 15 is 0 Å². The molecular weight excluding hydrogens is 176 g/mol. The molecule has 0 atom stereocenters. The maximum absolute atomic E-state index is 5.23. The molecule has 0 aliphatic carbocycles. The first-order chi connectivity index (χ1) is 6.73. The Labute approximate surface area is 85.8 Å². The van der Waals surface area contributed by atoms with Gasteiger partial charge in [-0.2, -0.15) is 0 Å². The highest BCUT2D eigenvalue weighted by Crippen LogP contribution is 2.24. The Kier molecular flexibility index (Phi) is 4.11. The van der Waals surface area contributed by atoms with Crippen LogP contribution in [-0.2, 0) is 14.9 Å². The summed E-state index contributed by atoms with van der Waals surface area (Å²) in [5, 5.41) is 0. The Balaban J connectivity index is 2.87. The standard InChI is InChI=1S/C12H18O2/c1-12(9-13-2,10-14-3)11-7-5-4-6-8-11/h4-8H,9-10H2,1-3H3. The van der Waals surface area contributed by atoms with E-state index in [0.717, 1.165) is 0 Å². The average molecular weight is 194 g/mol. The smallest absolute Gasteiger partial charge is 0.0578 e. The van der Waals surface area contributed by atoms with Crippen LogP contribution < -0.4 is 0 Å². The SMILES string of the molecule is COCC(C)(COC)c1ccccc1. The Morgan fingerprint density at radius 3 is 1.93 bits per heavy atom. The fourth-order valence-electron chi connectivity index (χ4n) is 1.69. The molecule has 1 aromatic carbocycles. The van der Waals surface area contributed by atoms with Crippen molar-refractivity contribution in [2.75, 3.05) is 27.4 Å². The Morgan fingerprint density at radius 2 is 1.50 bits per heavy atom. The minimum absolute atomic E-state index is 0.0508. The van der Waals surface area contributed by atoms with Crippen LogP contribution in [0.2, 0.25) is 0 Å². The van der Waals surface area contributed by atoms with E-state index in [1.165, 1.54) is 5.56 Å². The summed E-state index contributed by atoms with van der Waals surface area (Å²) in [5.74, 6) is 0. The van der Waals surface area contributed by atoms with Crippen LogP contribution in [0.5, 0.6) is 0 Å². The monoisotopic (exact) mass is 194 g/mol. The van der Waals surface area contributed by atoms with Crippen molar-refractivity contribution in [2.45, 2.75) is 12.3 Å². The van der Waals surface area contributed by atoms with Gasteiger partial charge in [0.05, 0.1) is 13.2 Å². The lowest BCUT2D eigenvalue weighted by atomic mass is 9.84. The van der Waals surface area contributed by atoms with Crippen LogP contribution in [0.3, 0.4) is 0 Å². The highest BCUT2D eigenvalue weighted by molar-refractivity contribution is 5.24. The van der Waals surface area contributed by atoms with Gasteiger partial charge in [-0.15, -0.1) is 0 Å². The van der Waals surface area contributed by atoms with Crippen LogP contribution >= 0.6 is 0 Å². The Morgan fingerprint density at radius 1 is 1.00 bits per heavy atom.